The van der Waals surface area contributed by atoms with Crippen LogP contribution in [0.25, 0.3) is 11.3 Å². The maximum absolute atomic E-state index is 12.5. The van der Waals surface area contributed by atoms with Crippen molar-refractivity contribution in [2.75, 3.05) is 24.5 Å². The smallest absolute Gasteiger partial charge is 0.255 e. The Labute approximate surface area is 165 Å². The topological polar surface area (TPSA) is 54.3 Å². The molecule has 0 bridgehead atoms. The minimum Gasteiger partial charge on any atom is -0.339 e. The molecule has 0 amide bonds. The van der Waals surface area contributed by atoms with Gasteiger partial charge in [0.1, 0.15) is 0 Å². The second-order valence-electron chi connectivity index (χ2n) is 7.33. The number of rotatable bonds is 4. The van der Waals surface area contributed by atoms with Crippen LogP contribution in [0.3, 0.4) is 0 Å². The number of piperazine rings is 1. The normalized spacial score (nSPS) is 17.6. The molecular formula is C22H25N5O. The molecule has 0 spiro atoms. The van der Waals surface area contributed by atoms with E-state index in [4.69, 9.17) is 4.98 Å². The number of anilines is 1. The van der Waals surface area contributed by atoms with Gasteiger partial charge in [-0.2, -0.15) is 0 Å². The summed E-state index contributed by atoms with van der Waals surface area (Å²) in [5.41, 5.74) is 2.88. The van der Waals surface area contributed by atoms with Gasteiger partial charge in [-0.25, -0.2) is 4.98 Å². The molecule has 1 aliphatic rings. The van der Waals surface area contributed by atoms with Crippen LogP contribution < -0.4 is 10.5 Å². The largest absolute Gasteiger partial charge is 0.339 e. The summed E-state index contributed by atoms with van der Waals surface area (Å²) < 4.78 is 1.64. The fourth-order valence-corrected chi connectivity index (χ4v) is 3.71. The minimum atomic E-state index is -0.0452. The van der Waals surface area contributed by atoms with Crippen molar-refractivity contribution in [1.82, 2.24) is 19.4 Å². The SMILES string of the molecule is C[C@H]1CN(c2nc(-c3ccncc3)cc(=O)n2C)CCN1Cc1ccccc1. The molecule has 2 aromatic heterocycles. The van der Waals surface area contributed by atoms with E-state index in [1.54, 1.807) is 30.1 Å². The third-order valence-electron chi connectivity index (χ3n) is 5.36. The average molecular weight is 375 g/mol. The first-order valence-corrected chi connectivity index (χ1v) is 9.63. The Morgan fingerprint density at radius 2 is 1.82 bits per heavy atom. The first kappa shape index (κ1) is 18.4. The zero-order valence-corrected chi connectivity index (χ0v) is 16.3. The first-order chi connectivity index (χ1) is 13.6. The molecule has 144 valence electrons. The second-order valence-corrected chi connectivity index (χ2v) is 7.33. The van der Waals surface area contributed by atoms with Crippen LogP contribution in [-0.4, -0.2) is 45.1 Å². The van der Waals surface area contributed by atoms with Gasteiger partial charge in [-0.05, 0) is 24.6 Å². The number of pyridine rings is 1. The average Bonchev–Trinajstić information content (AvgIpc) is 2.73. The summed E-state index contributed by atoms with van der Waals surface area (Å²) in [6.45, 7) is 5.80. The predicted octanol–water partition coefficient (Wildman–Crippen LogP) is 2.55. The van der Waals surface area contributed by atoms with Crippen molar-refractivity contribution >= 4 is 5.95 Å². The molecule has 28 heavy (non-hydrogen) atoms. The fourth-order valence-electron chi connectivity index (χ4n) is 3.71. The number of benzene rings is 1. The molecule has 1 fully saturated rings. The highest BCUT2D eigenvalue weighted by atomic mass is 16.1. The van der Waals surface area contributed by atoms with Crippen LogP contribution in [0, 0.1) is 0 Å². The van der Waals surface area contributed by atoms with Gasteiger partial charge in [0.15, 0.2) is 0 Å². The maximum atomic E-state index is 12.5. The standard InChI is InChI=1S/C22H25N5O/c1-17-15-27(13-12-26(17)16-18-6-4-3-5-7-18)22-24-20(14-21(28)25(22)2)19-8-10-23-11-9-19/h3-11,14,17H,12-13,15-16H2,1-2H3/t17-/m0/s1. The van der Waals surface area contributed by atoms with Gasteiger partial charge in [-0.15, -0.1) is 0 Å². The van der Waals surface area contributed by atoms with Crippen LogP contribution >= 0.6 is 0 Å². The van der Waals surface area contributed by atoms with Gasteiger partial charge in [0.25, 0.3) is 5.56 Å². The van der Waals surface area contributed by atoms with Gasteiger partial charge < -0.3 is 4.90 Å². The molecule has 0 radical (unpaired) electrons. The van der Waals surface area contributed by atoms with Gasteiger partial charge in [0.05, 0.1) is 5.69 Å². The van der Waals surface area contributed by atoms with Crippen molar-refractivity contribution in [3.05, 3.63) is 76.8 Å². The van der Waals surface area contributed by atoms with E-state index in [0.29, 0.717) is 11.7 Å². The molecule has 1 saturated heterocycles. The van der Waals surface area contributed by atoms with Crippen molar-refractivity contribution in [1.29, 1.82) is 0 Å². The lowest BCUT2D eigenvalue weighted by atomic mass is 10.1. The maximum Gasteiger partial charge on any atom is 0.255 e. The predicted molar refractivity (Wildman–Crippen MR) is 111 cm³/mol. The summed E-state index contributed by atoms with van der Waals surface area (Å²) in [6, 6.07) is 16.3. The summed E-state index contributed by atoms with van der Waals surface area (Å²) in [7, 11) is 1.79. The molecule has 0 saturated carbocycles. The van der Waals surface area contributed by atoms with E-state index in [1.807, 2.05) is 18.2 Å². The molecule has 1 aliphatic heterocycles. The highest BCUT2D eigenvalue weighted by Gasteiger charge is 2.26. The van der Waals surface area contributed by atoms with Gasteiger partial charge in [0, 0.05) is 63.3 Å². The van der Waals surface area contributed by atoms with Gasteiger partial charge >= 0.3 is 0 Å². The van der Waals surface area contributed by atoms with E-state index in [0.717, 1.165) is 37.7 Å². The number of aromatic nitrogens is 3. The van der Waals surface area contributed by atoms with Crippen LogP contribution in [0.5, 0.6) is 0 Å². The Morgan fingerprint density at radius 1 is 1.07 bits per heavy atom. The van der Waals surface area contributed by atoms with Crippen LogP contribution in [-0.2, 0) is 13.6 Å². The lowest BCUT2D eigenvalue weighted by Crippen LogP contribution is -2.52. The van der Waals surface area contributed by atoms with Crippen molar-refractivity contribution in [2.45, 2.75) is 19.5 Å². The number of nitrogens with zero attached hydrogens (tertiary/aromatic N) is 5. The summed E-state index contributed by atoms with van der Waals surface area (Å²) in [5.74, 6) is 0.727. The lowest BCUT2D eigenvalue weighted by Gasteiger charge is -2.40. The molecule has 0 unspecified atom stereocenters. The monoisotopic (exact) mass is 375 g/mol. The summed E-state index contributed by atoms with van der Waals surface area (Å²) in [5, 5.41) is 0. The Balaban J connectivity index is 1.55. The van der Waals surface area contributed by atoms with E-state index >= 15 is 0 Å². The molecule has 3 heterocycles. The zero-order valence-electron chi connectivity index (χ0n) is 16.3. The van der Waals surface area contributed by atoms with E-state index < -0.39 is 0 Å². The highest BCUT2D eigenvalue weighted by Crippen LogP contribution is 2.21. The molecular weight excluding hydrogens is 350 g/mol. The number of hydrogen-bond donors (Lipinski definition) is 0. The Kier molecular flexibility index (Phi) is 5.21. The van der Waals surface area contributed by atoms with Crippen molar-refractivity contribution in [2.24, 2.45) is 7.05 Å². The van der Waals surface area contributed by atoms with Gasteiger partial charge in [-0.3, -0.25) is 19.2 Å². The summed E-state index contributed by atoms with van der Waals surface area (Å²) in [6.07, 6.45) is 3.44. The van der Waals surface area contributed by atoms with Gasteiger partial charge in [0.2, 0.25) is 5.95 Å². The highest BCUT2D eigenvalue weighted by molar-refractivity contribution is 5.59. The molecule has 3 aromatic rings. The number of hydrogen-bond acceptors (Lipinski definition) is 5. The van der Waals surface area contributed by atoms with Crippen LogP contribution in [0.4, 0.5) is 5.95 Å². The quantitative estimate of drug-likeness (QED) is 0.701. The Morgan fingerprint density at radius 3 is 2.54 bits per heavy atom. The van der Waals surface area contributed by atoms with E-state index in [2.05, 4.69) is 46.0 Å². The van der Waals surface area contributed by atoms with Crippen LogP contribution in [0.15, 0.2) is 65.7 Å². The van der Waals surface area contributed by atoms with E-state index in [1.165, 1.54) is 5.56 Å². The molecule has 6 heteroatoms. The fraction of sp³-hybridized carbons (Fsp3) is 0.318. The van der Waals surface area contributed by atoms with Gasteiger partial charge in [-0.1, -0.05) is 30.3 Å². The molecule has 1 aromatic carbocycles. The summed E-state index contributed by atoms with van der Waals surface area (Å²) in [4.78, 5) is 26.1. The minimum absolute atomic E-state index is 0.0452. The third kappa shape index (κ3) is 3.82. The van der Waals surface area contributed by atoms with Crippen LogP contribution in [0.2, 0.25) is 0 Å². The van der Waals surface area contributed by atoms with E-state index in [-0.39, 0.29) is 5.56 Å². The van der Waals surface area contributed by atoms with Crippen molar-refractivity contribution in [3.8, 4) is 11.3 Å². The molecule has 0 N–H and O–H groups in total. The molecule has 0 aliphatic carbocycles. The van der Waals surface area contributed by atoms with Crippen molar-refractivity contribution < 1.29 is 0 Å². The molecule has 1 atom stereocenters. The lowest BCUT2D eigenvalue weighted by molar-refractivity contribution is 0.179. The molecule has 4 rings (SSSR count). The Bertz CT molecular complexity index is 987. The first-order valence-electron chi connectivity index (χ1n) is 9.63. The van der Waals surface area contributed by atoms with Crippen molar-refractivity contribution in [3.63, 3.8) is 0 Å². The Hall–Kier alpha value is -2.99. The van der Waals surface area contributed by atoms with E-state index in [9.17, 15) is 4.79 Å². The van der Waals surface area contributed by atoms with Crippen LogP contribution in [0.1, 0.15) is 12.5 Å². The zero-order chi connectivity index (χ0) is 19.5. The summed E-state index contributed by atoms with van der Waals surface area (Å²) >= 11 is 0. The molecule has 6 nitrogen and oxygen atoms in total. The third-order valence-corrected chi connectivity index (χ3v) is 5.36. The second kappa shape index (κ2) is 7.94.